The second kappa shape index (κ2) is 10.4. The maximum Gasteiger partial charge on any atom is 0.307 e. The lowest BCUT2D eigenvalue weighted by Crippen LogP contribution is -2.16. The topological polar surface area (TPSA) is 63.8 Å². The van der Waals surface area contributed by atoms with Crippen molar-refractivity contribution in [1.29, 1.82) is 0 Å². The zero-order chi connectivity index (χ0) is 23.5. The smallest absolute Gasteiger partial charge is 0.307 e. The lowest BCUT2D eigenvalue weighted by molar-refractivity contribution is 0.0929. The number of ether oxygens (including phenoxy) is 1. The van der Waals surface area contributed by atoms with E-state index in [4.69, 9.17) is 55.6 Å². The molecule has 1 heterocycles. The zero-order valence-electron chi connectivity index (χ0n) is 16.5. The van der Waals surface area contributed by atoms with Gasteiger partial charge < -0.3 is 9.15 Å². The molecule has 0 bridgehead atoms. The highest BCUT2D eigenvalue weighted by Gasteiger charge is 2.13. The molecule has 168 valence electrons. The van der Waals surface area contributed by atoms with E-state index in [9.17, 15) is 4.79 Å². The van der Waals surface area contributed by atoms with E-state index in [1.165, 1.54) is 6.21 Å². The number of rotatable bonds is 6. The van der Waals surface area contributed by atoms with Gasteiger partial charge in [-0.15, -0.1) is 0 Å². The number of hydrogen-bond acceptors (Lipinski definition) is 4. The van der Waals surface area contributed by atoms with Crippen LogP contribution in [-0.2, 0) is 6.61 Å². The van der Waals surface area contributed by atoms with Gasteiger partial charge in [-0.05, 0) is 54.1 Å². The van der Waals surface area contributed by atoms with Crippen LogP contribution in [0.5, 0.6) is 5.75 Å². The molecule has 0 saturated carbocycles. The van der Waals surface area contributed by atoms with Crippen LogP contribution in [0.2, 0.25) is 20.1 Å². The minimum atomic E-state index is -0.490. The van der Waals surface area contributed by atoms with Gasteiger partial charge in [-0.3, -0.25) is 4.79 Å². The van der Waals surface area contributed by atoms with Crippen LogP contribution in [0, 0.1) is 0 Å². The fourth-order valence-corrected chi connectivity index (χ4v) is 4.38. The number of amides is 1. The molecule has 4 aromatic rings. The Hall–Kier alpha value is -2.22. The maximum atomic E-state index is 12.3. The third-order valence-corrected chi connectivity index (χ3v) is 6.13. The molecule has 5 nitrogen and oxygen atoms in total. The van der Waals surface area contributed by atoms with E-state index in [0.717, 1.165) is 15.4 Å². The second-order valence-corrected chi connectivity index (χ2v) is 9.40. The molecular weight excluding hydrogens is 574 g/mol. The number of carbonyl (C=O) groups excluding carboxylic acids is 1. The Morgan fingerprint density at radius 3 is 2.48 bits per heavy atom. The summed E-state index contributed by atoms with van der Waals surface area (Å²) in [6, 6.07) is 15.4. The number of carbonyl (C=O) groups is 1. The first-order valence-corrected chi connectivity index (χ1v) is 11.7. The summed E-state index contributed by atoms with van der Waals surface area (Å²) in [5, 5.41) is 6.32. The lowest BCUT2D eigenvalue weighted by Gasteiger charge is -2.12. The van der Waals surface area contributed by atoms with Crippen molar-refractivity contribution >= 4 is 85.4 Å². The lowest BCUT2D eigenvalue weighted by atomic mass is 10.2. The molecule has 0 fully saturated rings. The minimum Gasteiger partial charge on any atom is -0.486 e. The predicted octanol–water partition coefficient (Wildman–Crippen LogP) is 8.15. The molecule has 0 aliphatic heterocycles. The zero-order valence-corrected chi connectivity index (χ0v) is 21.2. The summed E-state index contributed by atoms with van der Waals surface area (Å²) in [6.45, 7) is 0.160. The van der Waals surface area contributed by atoms with Gasteiger partial charge in [-0.1, -0.05) is 68.4 Å². The minimum absolute atomic E-state index is 0.140. The second-order valence-electron chi connectivity index (χ2n) is 6.83. The molecule has 0 aliphatic rings. The highest BCUT2D eigenvalue weighted by Crippen LogP contribution is 2.35. The van der Waals surface area contributed by atoms with Crippen LogP contribution in [0.25, 0.3) is 11.0 Å². The molecular formula is C23H13BrCl4N2O3. The highest BCUT2D eigenvalue weighted by molar-refractivity contribution is 9.10. The van der Waals surface area contributed by atoms with Crippen LogP contribution in [0.1, 0.15) is 21.7 Å². The number of halogens is 5. The van der Waals surface area contributed by atoms with Crippen LogP contribution in [0.3, 0.4) is 0 Å². The average molecular weight is 587 g/mol. The van der Waals surface area contributed by atoms with Crippen LogP contribution < -0.4 is 10.2 Å². The molecule has 1 aromatic heterocycles. The number of hydrogen-bond donors (Lipinski definition) is 1. The first kappa shape index (κ1) is 23.9. The van der Waals surface area contributed by atoms with E-state index >= 15 is 0 Å². The van der Waals surface area contributed by atoms with Gasteiger partial charge >= 0.3 is 5.91 Å². The van der Waals surface area contributed by atoms with Crippen LogP contribution in [0.4, 0.5) is 0 Å². The molecule has 0 unspecified atom stereocenters. The van der Waals surface area contributed by atoms with Crippen molar-refractivity contribution in [3.05, 3.63) is 96.0 Å². The van der Waals surface area contributed by atoms with Crippen molar-refractivity contribution in [2.75, 3.05) is 0 Å². The Kier molecular flexibility index (Phi) is 7.51. The van der Waals surface area contributed by atoms with Gasteiger partial charge in [0.25, 0.3) is 0 Å². The standard InChI is InChI=1S/C23H13BrCl4N2O3/c24-15-2-4-20-14(7-15)8-21(33-20)23(31)30-29-10-12-5-18(27)22(19(28)6-12)32-11-13-1-3-16(25)9-17(13)26/h1-10H,11H2,(H,30,31)/b29-10+. The van der Waals surface area contributed by atoms with E-state index in [1.54, 1.807) is 42.5 Å². The van der Waals surface area contributed by atoms with Gasteiger partial charge in [-0.2, -0.15) is 5.10 Å². The summed E-state index contributed by atoms with van der Waals surface area (Å²) >= 11 is 28.1. The normalized spacial score (nSPS) is 11.3. The van der Waals surface area contributed by atoms with Crippen molar-refractivity contribution in [3.63, 3.8) is 0 Å². The summed E-state index contributed by atoms with van der Waals surface area (Å²) in [7, 11) is 0. The van der Waals surface area contributed by atoms with Gasteiger partial charge in [0.05, 0.1) is 16.3 Å². The summed E-state index contributed by atoms with van der Waals surface area (Å²) in [5.41, 5.74) is 4.32. The molecule has 1 N–H and O–H groups in total. The number of nitrogens with zero attached hydrogens (tertiary/aromatic N) is 1. The summed E-state index contributed by atoms with van der Waals surface area (Å²) < 4.78 is 12.2. The summed E-state index contributed by atoms with van der Waals surface area (Å²) in [5.74, 6) is -0.0459. The molecule has 0 atom stereocenters. The van der Waals surface area contributed by atoms with Crippen molar-refractivity contribution < 1.29 is 13.9 Å². The molecule has 4 rings (SSSR count). The quantitative estimate of drug-likeness (QED) is 0.183. The molecule has 33 heavy (non-hydrogen) atoms. The Balaban J connectivity index is 1.42. The van der Waals surface area contributed by atoms with Gasteiger partial charge in [0.2, 0.25) is 0 Å². The fourth-order valence-electron chi connectivity index (χ4n) is 2.93. The summed E-state index contributed by atoms with van der Waals surface area (Å²) in [4.78, 5) is 12.3. The molecule has 10 heteroatoms. The molecule has 3 aromatic carbocycles. The SMILES string of the molecule is O=C(N/N=C/c1cc(Cl)c(OCc2ccc(Cl)cc2Cl)c(Cl)c1)c1cc2cc(Br)ccc2o1. The van der Waals surface area contributed by atoms with Crippen molar-refractivity contribution in [3.8, 4) is 5.75 Å². The fraction of sp³-hybridized carbons (Fsp3) is 0.0435. The van der Waals surface area contributed by atoms with E-state index in [1.807, 2.05) is 12.1 Å². The maximum absolute atomic E-state index is 12.3. The third kappa shape index (κ3) is 5.83. The molecule has 1 amide bonds. The first-order chi connectivity index (χ1) is 15.8. The van der Waals surface area contributed by atoms with Crippen molar-refractivity contribution in [1.82, 2.24) is 5.43 Å². The van der Waals surface area contributed by atoms with Gasteiger partial charge in [0, 0.05) is 25.5 Å². The Morgan fingerprint density at radius 2 is 1.76 bits per heavy atom. The average Bonchev–Trinajstić information content (AvgIpc) is 3.18. The van der Waals surface area contributed by atoms with Crippen LogP contribution in [-0.4, -0.2) is 12.1 Å². The van der Waals surface area contributed by atoms with E-state index < -0.39 is 5.91 Å². The number of nitrogens with one attached hydrogen (secondary N) is 1. The Bertz CT molecular complexity index is 1360. The Morgan fingerprint density at radius 1 is 1.00 bits per heavy atom. The van der Waals surface area contributed by atoms with Crippen LogP contribution in [0.15, 0.2) is 68.6 Å². The molecule has 0 saturated heterocycles. The largest absolute Gasteiger partial charge is 0.486 e. The Labute approximate surface area is 217 Å². The van der Waals surface area contributed by atoms with E-state index in [0.29, 0.717) is 26.9 Å². The number of furan rings is 1. The van der Waals surface area contributed by atoms with Crippen LogP contribution >= 0.6 is 62.3 Å². The molecule has 0 spiro atoms. The molecule has 0 radical (unpaired) electrons. The first-order valence-electron chi connectivity index (χ1n) is 9.38. The molecule has 0 aliphatic carbocycles. The van der Waals surface area contributed by atoms with E-state index in [-0.39, 0.29) is 22.4 Å². The van der Waals surface area contributed by atoms with Crippen molar-refractivity contribution in [2.45, 2.75) is 6.61 Å². The van der Waals surface area contributed by atoms with E-state index in [2.05, 4.69) is 26.5 Å². The van der Waals surface area contributed by atoms with Gasteiger partial charge in [0.1, 0.15) is 12.2 Å². The highest BCUT2D eigenvalue weighted by atomic mass is 79.9. The number of benzene rings is 3. The van der Waals surface area contributed by atoms with Gasteiger partial charge in [0.15, 0.2) is 11.5 Å². The number of hydrazone groups is 1. The monoisotopic (exact) mass is 584 g/mol. The predicted molar refractivity (Wildman–Crippen MR) is 136 cm³/mol. The van der Waals surface area contributed by atoms with Crippen molar-refractivity contribution in [2.24, 2.45) is 5.10 Å². The number of fused-ring (bicyclic) bond motifs is 1. The summed E-state index contributed by atoms with van der Waals surface area (Å²) in [6.07, 6.45) is 1.41. The third-order valence-electron chi connectivity index (χ3n) is 4.49. The van der Waals surface area contributed by atoms with Gasteiger partial charge in [-0.25, -0.2) is 5.43 Å².